The molecule has 7 heteroatoms. The zero-order valence-electron chi connectivity index (χ0n) is 23.7. The maximum Gasteiger partial charge on any atom is 0.419 e. The molecule has 5 unspecified atom stereocenters. The van der Waals surface area contributed by atoms with Crippen molar-refractivity contribution in [3.05, 3.63) is 23.3 Å². The van der Waals surface area contributed by atoms with Crippen molar-refractivity contribution in [2.75, 3.05) is 7.11 Å². The molecule has 0 N–H and O–H groups in total. The number of methoxy groups -OCH3 is 1. The van der Waals surface area contributed by atoms with Crippen molar-refractivity contribution in [3.8, 4) is 0 Å². The van der Waals surface area contributed by atoms with E-state index in [2.05, 4.69) is 20.8 Å². The fraction of sp³-hybridized carbons (Fsp3) is 0.774. The Bertz CT molecular complexity index is 1160. The van der Waals surface area contributed by atoms with E-state index in [9.17, 15) is 27.6 Å². The second kappa shape index (κ2) is 8.06. The van der Waals surface area contributed by atoms with Gasteiger partial charge in [-0.3, -0.25) is 14.4 Å². The summed E-state index contributed by atoms with van der Waals surface area (Å²) >= 11 is 0. The maximum absolute atomic E-state index is 14.2. The van der Waals surface area contributed by atoms with Crippen molar-refractivity contribution in [2.45, 2.75) is 92.7 Å². The standard InChI is InChI=1S/C31H41F3O4/c1-26(2)22-9-11-30(6)23(28(22,4)16-20(24(26)36)31(32,33)34)21(35)15-19-18-14-17(25(37)38-7)8-10-27(18,3)12-13-29(19,30)5/h15-18,22-23H,8-14H2,1-7H3/t17?,18?,22-,23+,27?,28?,29+,30?/m0/s1. The third-order valence-corrected chi connectivity index (χ3v) is 12.4. The van der Waals surface area contributed by atoms with Crippen LogP contribution in [0.1, 0.15) is 86.5 Å². The summed E-state index contributed by atoms with van der Waals surface area (Å²) in [5.74, 6) is -2.38. The lowest BCUT2D eigenvalue weighted by molar-refractivity contribution is -0.175. The highest BCUT2D eigenvalue weighted by Crippen LogP contribution is 2.74. The van der Waals surface area contributed by atoms with Crippen molar-refractivity contribution in [1.82, 2.24) is 0 Å². The number of carbonyl (C=O) groups excluding carboxylic acids is 3. The number of carbonyl (C=O) groups is 3. The topological polar surface area (TPSA) is 60.4 Å². The Labute approximate surface area is 223 Å². The Morgan fingerprint density at radius 1 is 0.974 bits per heavy atom. The third kappa shape index (κ3) is 3.38. The van der Waals surface area contributed by atoms with Gasteiger partial charge in [0.1, 0.15) is 0 Å². The van der Waals surface area contributed by atoms with Crippen LogP contribution in [0.5, 0.6) is 0 Å². The molecule has 0 spiro atoms. The van der Waals surface area contributed by atoms with E-state index < -0.39 is 39.7 Å². The van der Waals surface area contributed by atoms with Crippen LogP contribution in [0.15, 0.2) is 23.3 Å². The number of ether oxygens (including phenoxy) is 1. The Kier molecular flexibility index (Phi) is 5.87. The molecule has 5 aliphatic carbocycles. The van der Waals surface area contributed by atoms with Crippen LogP contribution < -0.4 is 0 Å². The third-order valence-electron chi connectivity index (χ3n) is 12.4. The second-order valence-electron chi connectivity index (χ2n) is 14.4. The predicted octanol–water partition coefficient (Wildman–Crippen LogP) is 7.03. The van der Waals surface area contributed by atoms with Crippen LogP contribution in [0, 0.1) is 50.7 Å². The Balaban J connectivity index is 1.66. The van der Waals surface area contributed by atoms with Gasteiger partial charge in [0.25, 0.3) is 0 Å². The van der Waals surface area contributed by atoms with Gasteiger partial charge in [-0.2, -0.15) is 13.2 Å². The number of rotatable bonds is 1. The highest BCUT2D eigenvalue weighted by Gasteiger charge is 2.70. The van der Waals surface area contributed by atoms with Crippen molar-refractivity contribution < 1.29 is 32.3 Å². The van der Waals surface area contributed by atoms with Crippen LogP contribution in [0.3, 0.4) is 0 Å². The molecule has 38 heavy (non-hydrogen) atoms. The van der Waals surface area contributed by atoms with Crippen molar-refractivity contribution in [1.29, 1.82) is 0 Å². The summed E-state index contributed by atoms with van der Waals surface area (Å²) in [6, 6.07) is 0. The molecule has 3 fully saturated rings. The lowest BCUT2D eigenvalue weighted by Gasteiger charge is -2.69. The number of hydrogen-bond donors (Lipinski definition) is 0. The number of alkyl halides is 3. The first-order chi connectivity index (χ1) is 17.4. The van der Waals surface area contributed by atoms with Gasteiger partial charge in [-0.25, -0.2) is 0 Å². The van der Waals surface area contributed by atoms with Gasteiger partial charge in [-0.05, 0) is 79.1 Å². The molecule has 0 aromatic carbocycles. The van der Waals surface area contributed by atoms with Crippen LogP contribution in [-0.2, 0) is 19.1 Å². The van der Waals surface area contributed by atoms with Gasteiger partial charge in [-0.1, -0.05) is 53.2 Å². The molecule has 0 bridgehead atoms. The summed E-state index contributed by atoms with van der Waals surface area (Å²) < 4.78 is 47.6. The van der Waals surface area contributed by atoms with E-state index in [1.54, 1.807) is 26.8 Å². The highest BCUT2D eigenvalue weighted by atomic mass is 19.4. The normalized spacial score (nSPS) is 46.1. The van der Waals surface area contributed by atoms with Crippen LogP contribution in [0.2, 0.25) is 0 Å². The SMILES string of the molecule is COC(=O)C1CCC2(C)CC[C@]3(C)C(=CC(=O)[C@@H]4C5(C)C=C(C(F)(F)F)C(=O)C(C)(C)[C@@H]5CCC43C)C2C1. The number of esters is 1. The molecule has 0 aliphatic heterocycles. The number of halogens is 3. The summed E-state index contributed by atoms with van der Waals surface area (Å²) in [4.78, 5) is 39.8. The Morgan fingerprint density at radius 2 is 1.63 bits per heavy atom. The Hall–Kier alpha value is -1.92. The Morgan fingerprint density at radius 3 is 2.24 bits per heavy atom. The average Bonchev–Trinajstić information content (AvgIpc) is 2.81. The summed E-state index contributed by atoms with van der Waals surface area (Å²) in [5.41, 5.74) is -3.33. The first-order valence-electron chi connectivity index (χ1n) is 14.1. The van der Waals surface area contributed by atoms with E-state index in [4.69, 9.17) is 4.74 Å². The van der Waals surface area contributed by atoms with Crippen molar-refractivity contribution in [2.24, 2.45) is 50.7 Å². The van der Waals surface area contributed by atoms with Gasteiger partial charge in [-0.15, -0.1) is 0 Å². The number of ketones is 2. The first-order valence-corrected chi connectivity index (χ1v) is 14.1. The van der Waals surface area contributed by atoms with Gasteiger partial charge in [0, 0.05) is 16.7 Å². The van der Waals surface area contributed by atoms with Gasteiger partial charge in [0.05, 0.1) is 18.6 Å². The minimum Gasteiger partial charge on any atom is -0.469 e. The zero-order valence-corrected chi connectivity index (χ0v) is 23.7. The van der Waals surface area contributed by atoms with Crippen LogP contribution in [0.25, 0.3) is 0 Å². The van der Waals surface area contributed by atoms with Gasteiger partial charge < -0.3 is 4.74 Å². The van der Waals surface area contributed by atoms with Crippen molar-refractivity contribution >= 4 is 17.5 Å². The quantitative estimate of drug-likeness (QED) is 0.339. The summed E-state index contributed by atoms with van der Waals surface area (Å²) in [5, 5.41) is 0. The molecule has 3 saturated carbocycles. The van der Waals surface area contributed by atoms with Gasteiger partial charge in [0.15, 0.2) is 11.6 Å². The second-order valence-corrected chi connectivity index (χ2v) is 14.4. The minimum atomic E-state index is -4.77. The molecule has 0 aromatic heterocycles. The van der Waals surface area contributed by atoms with Gasteiger partial charge in [0.2, 0.25) is 0 Å². The molecule has 5 aliphatic rings. The molecule has 0 radical (unpaired) electrons. The fourth-order valence-electron chi connectivity index (χ4n) is 10.1. The molecule has 0 heterocycles. The monoisotopic (exact) mass is 534 g/mol. The fourth-order valence-corrected chi connectivity index (χ4v) is 10.1. The van der Waals surface area contributed by atoms with E-state index in [1.807, 2.05) is 0 Å². The molecule has 8 atom stereocenters. The van der Waals surface area contributed by atoms with E-state index in [-0.39, 0.29) is 40.3 Å². The molecule has 0 amide bonds. The molecule has 0 saturated heterocycles. The predicted molar refractivity (Wildman–Crippen MR) is 137 cm³/mol. The van der Waals surface area contributed by atoms with Gasteiger partial charge >= 0.3 is 12.1 Å². The van der Waals surface area contributed by atoms with Crippen molar-refractivity contribution in [3.63, 3.8) is 0 Å². The molecule has 0 aromatic rings. The molecule has 4 nitrogen and oxygen atoms in total. The number of allylic oxidation sites excluding steroid dienone is 4. The van der Waals surface area contributed by atoms with E-state index in [0.717, 1.165) is 37.3 Å². The number of Topliss-reactive ketones (excluding diaryl/α,β-unsaturated/α-hetero) is 1. The van der Waals surface area contributed by atoms with E-state index >= 15 is 0 Å². The smallest absolute Gasteiger partial charge is 0.419 e. The van der Waals surface area contributed by atoms with E-state index in [0.29, 0.717) is 19.3 Å². The van der Waals surface area contributed by atoms with Crippen LogP contribution in [0.4, 0.5) is 13.2 Å². The summed E-state index contributed by atoms with van der Waals surface area (Å²) in [7, 11) is 1.41. The zero-order chi connectivity index (χ0) is 28.3. The highest BCUT2D eigenvalue weighted by molar-refractivity contribution is 6.03. The summed E-state index contributed by atoms with van der Waals surface area (Å²) in [6.45, 7) is 11.6. The lowest BCUT2D eigenvalue weighted by atomic mass is 9.34. The number of hydrogen-bond acceptors (Lipinski definition) is 4. The molecule has 5 rings (SSSR count). The number of fused-ring (bicyclic) bond motifs is 7. The first kappa shape index (κ1) is 27.6. The maximum atomic E-state index is 14.2. The molecular formula is C31H41F3O4. The average molecular weight is 535 g/mol. The largest absolute Gasteiger partial charge is 0.469 e. The lowest BCUT2D eigenvalue weighted by Crippen LogP contribution is -2.65. The van der Waals surface area contributed by atoms with Crippen LogP contribution >= 0.6 is 0 Å². The minimum absolute atomic E-state index is 0.0248. The van der Waals surface area contributed by atoms with Crippen LogP contribution in [-0.4, -0.2) is 30.8 Å². The molecule has 210 valence electrons. The molecular weight excluding hydrogens is 493 g/mol. The van der Waals surface area contributed by atoms with E-state index in [1.165, 1.54) is 7.11 Å². The summed E-state index contributed by atoms with van der Waals surface area (Å²) in [6.07, 6.45) is 3.48.